The average molecular weight is 585 g/mol. The van der Waals surface area contributed by atoms with Gasteiger partial charge in [-0.1, -0.05) is 0 Å². The van der Waals surface area contributed by atoms with Gasteiger partial charge in [-0.05, 0) is 36.9 Å². The lowest BCUT2D eigenvalue weighted by Gasteiger charge is -2.38. The Hall–Kier alpha value is -3.95. The fraction of sp³-hybridized carbons (Fsp3) is 0.519. The van der Waals surface area contributed by atoms with Crippen molar-refractivity contribution < 1.29 is 33.0 Å². The molecule has 15 heteroatoms. The van der Waals surface area contributed by atoms with Gasteiger partial charge in [-0.15, -0.1) is 0 Å². The van der Waals surface area contributed by atoms with Crippen molar-refractivity contribution in [2.45, 2.75) is 37.3 Å². The maximum atomic E-state index is 15.5. The highest BCUT2D eigenvalue weighted by molar-refractivity contribution is 5.94. The topological polar surface area (TPSA) is 158 Å². The zero-order valence-corrected chi connectivity index (χ0v) is 22.9. The summed E-state index contributed by atoms with van der Waals surface area (Å²) in [5, 5.41) is 15.0. The van der Waals surface area contributed by atoms with Crippen LogP contribution >= 0.6 is 0 Å². The van der Waals surface area contributed by atoms with Crippen molar-refractivity contribution >= 4 is 34.7 Å². The molecule has 4 N–H and O–H groups in total. The number of hydrogen-bond acceptors (Lipinski definition) is 10. The molecule has 2 saturated heterocycles. The first-order valence-electron chi connectivity index (χ1n) is 14.0. The van der Waals surface area contributed by atoms with Gasteiger partial charge in [0.2, 0.25) is 0 Å². The van der Waals surface area contributed by atoms with Crippen LogP contribution in [0.4, 0.5) is 25.2 Å². The summed E-state index contributed by atoms with van der Waals surface area (Å²) in [5.74, 6) is -0.371. The second-order valence-corrected chi connectivity index (χ2v) is 11.4. The molecule has 7 rings (SSSR count). The summed E-state index contributed by atoms with van der Waals surface area (Å²) < 4.78 is 42.1. The Bertz CT molecular complexity index is 1540. The molecule has 4 aliphatic rings. The van der Waals surface area contributed by atoms with E-state index in [0.717, 1.165) is 0 Å². The third kappa shape index (κ3) is 4.42. The van der Waals surface area contributed by atoms with Crippen LogP contribution in [0.25, 0.3) is 11.0 Å². The van der Waals surface area contributed by atoms with E-state index < -0.39 is 29.4 Å². The van der Waals surface area contributed by atoms with Crippen molar-refractivity contribution in [3.63, 3.8) is 0 Å². The van der Waals surface area contributed by atoms with Crippen LogP contribution in [0.3, 0.4) is 0 Å². The lowest BCUT2D eigenvalue weighted by molar-refractivity contribution is -0.118. The number of carbonyl (C=O) groups is 2. The van der Waals surface area contributed by atoms with Crippen molar-refractivity contribution in [3.8, 4) is 5.88 Å². The number of likely N-dealkylation sites (N-methyl/N-ethyl adjacent to an activating group) is 1. The van der Waals surface area contributed by atoms with Gasteiger partial charge in [-0.3, -0.25) is 9.69 Å². The molecule has 1 aliphatic carbocycles. The fourth-order valence-electron chi connectivity index (χ4n) is 6.51. The van der Waals surface area contributed by atoms with Gasteiger partial charge in [0, 0.05) is 32.5 Å². The summed E-state index contributed by atoms with van der Waals surface area (Å²) in [4.78, 5) is 43.8. The SMILES string of the molecule is CNC(CO)c1nc2c(F)c3c(c(F)c2[nH]1)CC(CN1CCC2(CC1)CN(c1cnc4c(n1)NC(=O)CO4)C(=O)O2)C3. The van der Waals surface area contributed by atoms with E-state index in [1.54, 1.807) is 7.05 Å². The van der Waals surface area contributed by atoms with E-state index in [1.165, 1.54) is 11.1 Å². The Balaban J connectivity index is 0.997. The van der Waals surface area contributed by atoms with Gasteiger partial charge in [-0.2, -0.15) is 0 Å². The van der Waals surface area contributed by atoms with Crippen molar-refractivity contribution in [1.29, 1.82) is 0 Å². The number of nitrogens with zero attached hydrogens (tertiary/aromatic N) is 5. The monoisotopic (exact) mass is 584 g/mol. The molecule has 2 fully saturated rings. The lowest BCUT2D eigenvalue weighted by atomic mass is 9.90. The van der Waals surface area contributed by atoms with Crippen LogP contribution in [-0.2, 0) is 22.4 Å². The molecular formula is C27H30F2N8O5. The molecule has 13 nitrogen and oxygen atoms in total. The molecule has 1 spiro atoms. The molecule has 3 aliphatic heterocycles. The number of imidazole rings is 1. The number of anilines is 2. The van der Waals surface area contributed by atoms with Crippen LogP contribution in [-0.4, -0.2) is 94.0 Å². The number of halogens is 2. The van der Waals surface area contributed by atoms with E-state index in [4.69, 9.17) is 9.47 Å². The van der Waals surface area contributed by atoms with Gasteiger partial charge >= 0.3 is 6.09 Å². The molecule has 2 atom stereocenters. The lowest BCUT2D eigenvalue weighted by Crippen LogP contribution is -2.48. The number of H-pyrrole nitrogens is 1. The maximum Gasteiger partial charge on any atom is 0.416 e. The highest BCUT2D eigenvalue weighted by Crippen LogP contribution is 2.39. The number of aliphatic hydroxyl groups excluding tert-OH is 1. The van der Waals surface area contributed by atoms with Crippen LogP contribution in [0.15, 0.2) is 6.20 Å². The second kappa shape index (κ2) is 10.1. The summed E-state index contributed by atoms with van der Waals surface area (Å²) in [7, 11) is 1.64. The summed E-state index contributed by atoms with van der Waals surface area (Å²) in [6.07, 6.45) is 2.93. The van der Waals surface area contributed by atoms with Crippen LogP contribution in [0.5, 0.6) is 5.88 Å². The van der Waals surface area contributed by atoms with Crippen LogP contribution in [0, 0.1) is 17.6 Å². The number of likely N-dealkylation sites (tertiary alicyclic amines) is 1. The zero-order chi connectivity index (χ0) is 29.2. The average Bonchev–Trinajstić information content (AvgIpc) is 3.70. The number of hydrogen-bond donors (Lipinski definition) is 4. The number of piperidine rings is 1. The Morgan fingerprint density at radius 3 is 2.69 bits per heavy atom. The van der Waals surface area contributed by atoms with E-state index >= 15 is 8.78 Å². The number of rotatable bonds is 6. The third-order valence-electron chi connectivity index (χ3n) is 8.75. The molecule has 0 radical (unpaired) electrons. The molecule has 3 aromatic rings. The Morgan fingerprint density at radius 2 is 1.95 bits per heavy atom. The minimum absolute atomic E-state index is 0.0293. The zero-order valence-electron chi connectivity index (χ0n) is 22.9. The fourth-order valence-corrected chi connectivity index (χ4v) is 6.51. The molecule has 5 heterocycles. The summed E-state index contributed by atoms with van der Waals surface area (Å²) in [5.41, 5.74) is 0.0636. The molecular weight excluding hydrogens is 554 g/mol. The van der Waals surface area contributed by atoms with Crippen molar-refractivity contribution in [2.24, 2.45) is 5.92 Å². The summed E-state index contributed by atoms with van der Waals surface area (Å²) in [6, 6.07) is -0.546. The Morgan fingerprint density at radius 1 is 1.19 bits per heavy atom. The minimum atomic E-state index is -0.677. The van der Waals surface area contributed by atoms with E-state index in [-0.39, 0.29) is 53.6 Å². The van der Waals surface area contributed by atoms with Gasteiger partial charge in [0.05, 0.1) is 25.4 Å². The number of aliphatic hydroxyl groups is 1. The largest absolute Gasteiger partial charge is 0.465 e. The first-order valence-corrected chi connectivity index (χ1v) is 14.0. The van der Waals surface area contributed by atoms with Crippen molar-refractivity contribution in [3.05, 3.63) is 34.8 Å². The van der Waals surface area contributed by atoms with E-state index in [2.05, 4.69) is 35.5 Å². The molecule has 42 heavy (non-hydrogen) atoms. The van der Waals surface area contributed by atoms with Crippen molar-refractivity contribution in [2.75, 3.05) is 56.7 Å². The molecule has 2 aromatic heterocycles. The van der Waals surface area contributed by atoms with Crippen LogP contribution < -0.4 is 20.3 Å². The second-order valence-electron chi connectivity index (χ2n) is 11.4. The minimum Gasteiger partial charge on any atom is -0.465 e. The standard InChI is InChI=1S/C27H30F2N8O5/c1-30-16(10-38)23-34-21-19(28)14-6-13(7-15(14)20(29)22(21)35-23)9-36-4-2-27(3-5-36)12-37(26(40)42-27)17-8-31-25-24(32-17)33-18(39)11-41-25/h8,13,16,30,38H,2-7,9-12H2,1H3,(H,34,35)(H,32,33,39). The number of carbonyl (C=O) groups excluding carboxylic acids is 2. The maximum absolute atomic E-state index is 15.5. The van der Waals surface area contributed by atoms with Crippen LogP contribution in [0.2, 0.25) is 0 Å². The number of ether oxygens (including phenoxy) is 2. The normalized spacial score (nSPS) is 20.9. The van der Waals surface area contributed by atoms with Gasteiger partial charge in [-0.25, -0.2) is 28.5 Å². The third-order valence-corrected chi connectivity index (χ3v) is 8.75. The highest BCUT2D eigenvalue weighted by Gasteiger charge is 2.48. The van der Waals surface area contributed by atoms with E-state index in [0.29, 0.717) is 68.8 Å². The number of aromatic nitrogens is 4. The van der Waals surface area contributed by atoms with Gasteiger partial charge in [0.15, 0.2) is 29.9 Å². The first kappa shape index (κ1) is 26.9. The summed E-state index contributed by atoms with van der Waals surface area (Å²) in [6.45, 7) is 1.90. The molecule has 2 amide bonds. The number of amides is 2. The number of benzene rings is 1. The van der Waals surface area contributed by atoms with Gasteiger partial charge in [0.25, 0.3) is 11.8 Å². The molecule has 0 bridgehead atoms. The van der Waals surface area contributed by atoms with E-state index in [1.807, 2.05) is 0 Å². The molecule has 2 unspecified atom stereocenters. The predicted molar refractivity (Wildman–Crippen MR) is 144 cm³/mol. The number of nitrogens with one attached hydrogen (secondary N) is 3. The van der Waals surface area contributed by atoms with Gasteiger partial charge in [0.1, 0.15) is 22.5 Å². The smallest absolute Gasteiger partial charge is 0.416 e. The Labute approximate surface area is 238 Å². The highest BCUT2D eigenvalue weighted by atomic mass is 19.1. The molecule has 222 valence electrons. The quantitative estimate of drug-likeness (QED) is 0.334. The Kier molecular flexibility index (Phi) is 6.47. The molecule has 1 aromatic carbocycles. The van der Waals surface area contributed by atoms with E-state index in [9.17, 15) is 14.7 Å². The van der Waals surface area contributed by atoms with Crippen molar-refractivity contribution in [1.82, 2.24) is 30.2 Å². The number of fused-ring (bicyclic) bond motifs is 3. The summed E-state index contributed by atoms with van der Waals surface area (Å²) >= 11 is 0. The predicted octanol–water partition coefficient (Wildman–Crippen LogP) is 1.42. The number of aromatic amines is 1. The molecule has 0 saturated carbocycles. The van der Waals surface area contributed by atoms with Gasteiger partial charge < -0.3 is 35.1 Å². The van der Waals surface area contributed by atoms with Crippen LogP contribution in [0.1, 0.15) is 35.8 Å². The first-order chi connectivity index (χ1) is 20.3.